The zero-order chi connectivity index (χ0) is 23.7. The molecule has 0 unspecified atom stereocenters. The van der Waals surface area contributed by atoms with Crippen molar-refractivity contribution >= 4 is 50.0 Å². The van der Waals surface area contributed by atoms with E-state index in [1.165, 1.54) is 19.2 Å². The van der Waals surface area contributed by atoms with Gasteiger partial charge in [-0.15, -0.1) is 0 Å². The lowest BCUT2D eigenvalue weighted by molar-refractivity contribution is -0.384. The molecule has 0 spiro atoms. The third kappa shape index (κ3) is 4.31. The number of nitrogens with one attached hydrogen (secondary N) is 2. The highest BCUT2D eigenvalue weighted by Crippen LogP contribution is 2.36. The Labute approximate surface area is 196 Å². The number of benzene rings is 2. The van der Waals surface area contributed by atoms with Crippen molar-refractivity contribution in [2.45, 2.75) is 0 Å². The first-order valence-electron chi connectivity index (χ1n) is 10.2. The second-order valence-corrected chi connectivity index (χ2v) is 8.45. The normalized spacial score (nSPS) is 13.8. The average molecular weight is 514 g/mol. The Balaban J connectivity index is 1.63. The quantitative estimate of drug-likeness (QED) is 0.407. The first kappa shape index (κ1) is 22.5. The number of nitrogens with zero attached hydrogens (tertiary/aromatic N) is 3. The van der Waals surface area contributed by atoms with Gasteiger partial charge in [-0.1, -0.05) is 34.1 Å². The number of fused-ring (bicyclic) bond motifs is 1. The molecule has 0 aliphatic carbocycles. The van der Waals surface area contributed by atoms with Gasteiger partial charge in [0.1, 0.15) is 5.69 Å². The monoisotopic (exact) mass is 513 g/mol. The van der Waals surface area contributed by atoms with E-state index < -0.39 is 10.8 Å². The number of nitro groups is 1. The molecule has 1 aliphatic rings. The molecular formula is C22H20BrN5O5. The van der Waals surface area contributed by atoms with E-state index in [9.17, 15) is 24.5 Å². The van der Waals surface area contributed by atoms with Crippen LogP contribution in [0, 0.1) is 10.1 Å². The van der Waals surface area contributed by atoms with Crippen LogP contribution in [0.1, 0.15) is 20.7 Å². The van der Waals surface area contributed by atoms with E-state index >= 15 is 0 Å². The summed E-state index contributed by atoms with van der Waals surface area (Å²) in [7, 11) is 1.46. The van der Waals surface area contributed by atoms with Crippen molar-refractivity contribution in [1.82, 2.24) is 15.2 Å². The van der Waals surface area contributed by atoms with Crippen LogP contribution in [0.25, 0.3) is 10.9 Å². The number of pyridine rings is 1. The summed E-state index contributed by atoms with van der Waals surface area (Å²) in [6.45, 7) is 1.14. The van der Waals surface area contributed by atoms with Crippen molar-refractivity contribution in [3.63, 3.8) is 0 Å². The van der Waals surface area contributed by atoms with Crippen LogP contribution < -0.4 is 15.8 Å². The van der Waals surface area contributed by atoms with Crippen molar-refractivity contribution in [3.05, 3.63) is 78.5 Å². The van der Waals surface area contributed by atoms with Gasteiger partial charge in [-0.25, -0.2) is 0 Å². The minimum Gasteiger partial charge on any atom is -0.362 e. The number of aromatic amines is 1. The number of anilines is 1. The Morgan fingerprint density at radius 1 is 1.09 bits per heavy atom. The van der Waals surface area contributed by atoms with E-state index in [0.29, 0.717) is 34.0 Å². The molecule has 2 heterocycles. The van der Waals surface area contributed by atoms with Gasteiger partial charge in [0, 0.05) is 60.7 Å². The number of amides is 2. The van der Waals surface area contributed by atoms with E-state index in [1.807, 2.05) is 0 Å². The minimum absolute atomic E-state index is 0.180. The van der Waals surface area contributed by atoms with Crippen LogP contribution in [0.4, 0.5) is 11.4 Å². The molecule has 1 fully saturated rings. The molecule has 1 saturated heterocycles. The summed E-state index contributed by atoms with van der Waals surface area (Å²) in [6.07, 6.45) is 0. The first-order chi connectivity index (χ1) is 15.8. The molecule has 33 heavy (non-hydrogen) atoms. The maximum Gasteiger partial charge on any atom is 0.294 e. The van der Waals surface area contributed by atoms with Gasteiger partial charge in [-0.05, 0) is 12.1 Å². The molecule has 11 heteroatoms. The van der Waals surface area contributed by atoms with Gasteiger partial charge in [0.25, 0.3) is 17.5 Å². The van der Waals surface area contributed by atoms with Gasteiger partial charge in [-0.2, -0.15) is 0 Å². The lowest BCUT2D eigenvalue weighted by atomic mass is 10.1. The Morgan fingerprint density at radius 3 is 2.45 bits per heavy atom. The molecule has 2 N–H and O–H groups in total. The zero-order valence-electron chi connectivity index (χ0n) is 17.6. The van der Waals surface area contributed by atoms with E-state index in [1.54, 1.807) is 40.1 Å². The highest BCUT2D eigenvalue weighted by atomic mass is 79.9. The largest absolute Gasteiger partial charge is 0.362 e. The van der Waals surface area contributed by atoms with Gasteiger partial charge in [0.2, 0.25) is 5.56 Å². The first-order valence-corrected chi connectivity index (χ1v) is 11.0. The van der Waals surface area contributed by atoms with Crippen molar-refractivity contribution in [2.75, 3.05) is 38.1 Å². The van der Waals surface area contributed by atoms with E-state index in [0.717, 1.165) is 0 Å². The molecule has 0 radical (unpaired) electrons. The highest BCUT2D eigenvalue weighted by Gasteiger charge is 2.31. The van der Waals surface area contributed by atoms with Crippen molar-refractivity contribution < 1.29 is 14.5 Å². The van der Waals surface area contributed by atoms with Crippen LogP contribution in [0.5, 0.6) is 0 Å². The second-order valence-electron chi connectivity index (χ2n) is 7.53. The SMILES string of the molecule is CNC(=O)c1cc(Br)cc([N+](=O)[O-])c1N1CCN(C(=O)c2cc(=O)[nH]c3ccccc23)CC1. The fourth-order valence-corrected chi connectivity index (χ4v) is 4.49. The molecule has 10 nitrogen and oxygen atoms in total. The number of rotatable bonds is 4. The van der Waals surface area contributed by atoms with Gasteiger partial charge in [0.05, 0.1) is 16.1 Å². The Hall–Kier alpha value is -3.73. The van der Waals surface area contributed by atoms with E-state index in [4.69, 9.17) is 0 Å². The van der Waals surface area contributed by atoms with Crippen molar-refractivity contribution in [2.24, 2.45) is 0 Å². The van der Waals surface area contributed by atoms with Crippen LogP contribution in [0.3, 0.4) is 0 Å². The number of hydrogen-bond acceptors (Lipinski definition) is 6. The number of aromatic nitrogens is 1. The number of hydrogen-bond donors (Lipinski definition) is 2. The van der Waals surface area contributed by atoms with Gasteiger partial charge in [-0.3, -0.25) is 24.5 Å². The van der Waals surface area contributed by atoms with E-state index in [-0.39, 0.29) is 41.5 Å². The molecule has 2 amide bonds. The van der Waals surface area contributed by atoms with Gasteiger partial charge >= 0.3 is 0 Å². The van der Waals surface area contributed by atoms with Crippen molar-refractivity contribution in [1.29, 1.82) is 0 Å². The second kappa shape index (κ2) is 9.02. The van der Waals surface area contributed by atoms with Gasteiger partial charge < -0.3 is 20.1 Å². The molecule has 1 aromatic heterocycles. The molecule has 1 aliphatic heterocycles. The molecule has 4 rings (SSSR count). The lowest BCUT2D eigenvalue weighted by Gasteiger charge is -2.36. The predicted octanol–water partition coefficient (Wildman–Crippen LogP) is 2.52. The summed E-state index contributed by atoms with van der Waals surface area (Å²) in [5.74, 6) is -0.725. The standard InChI is InChI=1S/C22H20BrN5O5/c1-24-21(30)16-10-13(23)11-18(28(32)33)20(16)26-6-8-27(9-7-26)22(31)15-12-19(29)25-17-5-3-2-4-14(15)17/h2-5,10-12H,6-9H2,1H3,(H,24,30)(H,25,29). The summed E-state index contributed by atoms with van der Waals surface area (Å²) in [5, 5.41) is 14.9. The molecule has 170 valence electrons. The summed E-state index contributed by atoms with van der Waals surface area (Å²) >= 11 is 3.23. The highest BCUT2D eigenvalue weighted by molar-refractivity contribution is 9.10. The van der Waals surface area contributed by atoms with Crippen molar-refractivity contribution in [3.8, 4) is 0 Å². The third-order valence-corrected chi connectivity index (χ3v) is 6.04. The van der Waals surface area contributed by atoms with E-state index in [2.05, 4.69) is 26.2 Å². The average Bonchev–Trinajstić information content (AvgIpc) is 2.82. The molecule has 0 saturated carbocycles. The maximum atomic E-state index is 13.2. The fraction of sp³-hybridized carbons (Fsp3) is 0.227. The number of nitro benzene ring substituents is 1. The number of para-hydroxylation sites is 1. The molecule has 2 aromatic carbocycles. The number of carbonyl (C=O) groups is 2. The summed E-state index contributed by atoms with van der Waals surface area (Å²) in [5.41, 5.74) is 0.728. The predicted molar refractivity (Wildman–Crippen MR) is 127 cm³/mol. The van der Waals surface area contributed by atoms with Crippen LogP contribution in [-0.2, 0) is 0 Å². The van der Waals surface area contributed by atoms with Crippen LogP contribution in [-0.4, -0.2) is 59.8 Å². The number of halogens is 1. The molecule has 0 atom stereocenters. The number of piperazine rings is 1. The lowest BCUT2D eigenvalue weighted by Crippen LogP contribution is -2.49. The molecule has 3 aromatic rings. The number of H-pyrrole nitrogens is 1. The summed E-state index contributed by atoms with van der Waals surface area (Å²) < 4.78 is 0.423. The van der Waals surface area contributed by atoms with Gasteiger partial charge in [0.15, 0.2) is 0 Å². The van der Waals surface area contributed by atoms with Crippen LogP contribution in [0.2, 0.25) is 0 Å². The summed E-state index contributed by atoms with van der Waals surface area (Å²) in [6, 6.07) is 11.3. The molecule has 0 bridgehead atoms. The third-order valence-electron chi connectivity index (χ3n) is 5.59. The number of carbonyl (C=O) groups excluding carboxylic acids is 2. The minimum atomic E-state index is -0.521. The molecular weight excluding hydrogens is 494 g/mol. The zero-order valence-corrected chi connectivity index (χ0v) is 19.2. The van der Waals surface area contributed by atoms with Crippen LogP contribution >= 0.6 is 15.9 Å². The topological polar surface area (TPSA) is 129 Å². The Bertz CT molecular complexity index is 1330. The fourth-order valence-electron chi connectivity index (χ4n) is 4.05. The maximum absolute atomic E-state index is 13.2. The summed E-state index contributed by atoms with van der Waals surface area (Å²) in [4.78, 5) is 55.0. The smallest absolute Gasteiger partial charge is 0.294 e. The Morgan fingerprint density at radius 2 is 1.79 bits per heavy atom. The Kier molecular flexibility index (Phi) is 6.14. The van der Waals surface area contributed by atoms with Crippen LogP contribution in [0.15, 0.2) is 51.7 Å².